The number of aromatic nitrogens is 1. The molecule has 1 aromatic heterocycles. The van der Waals surface area contributed by atoms with Crippen molar-refractivity contribution in [1.29, 1.82) is 0 Å². The summed E-state index contributed by atoms with van der Waals surface area (Å²) < 4.78 is 10.7. The summed E-state index contributed by atoms with van der Waals surface area (Å²) in [7, 11) is 0. The SMILES string of the molecule is O=C1C(=O)N(c2cccc(Cl)c2)C(c2cccnc2)/C1=C(/O)c1ccc2c(c1)OCO2. The van der Waals surface area contributed by atoms with E-state index in [1.54, 1.807) is 67.0 Å². The highest BCUT2D eigenvalue weighted by Gasteiger charge is 2.47. The van der Waals surface area contributed by atoms with Crippen LogP contribution in [0.3, 0.4) is 0 Å². The molecule has 2 aromatic carbocycles. The van der Waals surface area contributed by atoms with Crippen molar-refractivity contribution >= 4 is 34.7 Å². The van der Waals surface area contributed by atoms with Gasteiger partial charge in [0.25, 0.3) is 11.7 Å². The molecule has 0 radical (unpaired) electrons. The fourth-order valence-electron chi connectivity index (χ4n) is 3.78. The summed E-state index contributed by atoms with van der Waals surface area (Å²) >= 11 is 6.13. The third kappa shape index (κ3) is 3.19. The molecule has 1 amide bonds. The summed E-state index contributed by atoms with van der Waals surface area (Å²) in [5, 5.41) is 11.5. The van der Waals surface area contributed by atoms with E-state index in [1.165, 1.54) is 4.90 Å². The number of ketones is 1. The summed E-state index contributed by atoms with van der Waals surface area (Å²) in [5.74, 6) is -0.886. The van der Waals surface area contributed by atoms with Crippen molar-refractivity contribution in [1.82, 2.24) is 4.98 Å². The van der Waals surface area contributed by atoms with Gasteiger partial charge in [0.05, 0.1) is 11.6 Å². The topological polar surface area (TPSA) is 89.0 Å². The number of anilines is 1. The number of carbonyl (C=O) groups is 2. The van der Waals surface area contributed by atoms with Crippen molar-refractivity contribution < 1.29 is 24.2 Å². The van der Waals surface area contributed by atoms with Gasteiger partial charge < -0.3 is 14.6 Å². The van der Waals surface area contributed by atoms with E-state index in [0.717, 1.165) is 0 Å². The van der Waals surface area contributed by atoms with E-state index in [1.807, 2.05) is 0 Å². The lowest BCUT2D eigenvalue weighted by atomic mass is 9.96. The third-order valence-corrected chi connectivity index (χ3v) is 5.41. The summed E-state index contributed by atoms with van der Waals surface area (Å²) in [6, 6.07) is 14.0. The molecule has 1 unspecified atom stereocenters. The summed E-state index contributed by atoms with van der Waals surface area (Å²) in [6.45, 7) is 0.0778. The molecule has 1 fully saturated rings. The normalized spacial score (nSPS) is 19.1. The van der Waals surface area contributed by atoms with Crippen LogP contribution in [0.2, 0.25) is 5.02 Å². The Bertz CT molecular complexity index is 1240. The van der Waals surface area contributed by atoms with E-state index >= 15 is 0 Å². The number of halogens is 1. The Kier molecular flexibility index (Phi) is 4.60. The highest BCUT2D eigenvalue weighted by Crippen LogP contribution is 2.43. The minimum absolute atomic E-state index is 0.0446. The monoisotopic (exact) mass is 434 g/mol. The predicted octanol–water partition coefficient (Wildman–Crippen LogP) is 4.09. The molecule has 3 aromatic rings. The number of aliphatic hydroxyl groups excluding tert-OH is 1. The molecule has 8 heteroatoms. The Morgan fingerprint density at radius 1 is 1.06 bits per heavy atom. The maximum Gasteiger partial charge on any atom is 0.300 e. The first kappa shape index (κ1) is 19.1. The first-order chi connectivity index (χ1) is 15.0. The number of ether oxygens (including phenoxy) is 2. The zero-order valence-electron chi connectivity index (χ0n) is 16.0. The second kappa shape index (κ2) is 7.45. The van der Waals surface area contributed by atoms with Crippen LogP contribution in [0.15, 0.2) is 72.6 Å². The Labute approximate surface area is 182 Å². The van der Waals surface area contributed by atoms with Gasteiger partial charge in [-0.05, 0) is 48.0 Å². The highest BCUT2D eigenvalue weighted by atomic mass is 35.5. The Hall–Kier alpha value is -3.84. The van der Waals surface area contributed by atoms with Crippen LogP contribution in [-0.2, 0) is 9.59 Å². The minimum atomic E-state index is -0.877. The quantitative estimate of drug-likeness (QED) is 0.379. The molecule has 0 spiro atoms. The van der Waals surface area contributed by atoms with E-state index in [4.69, 9.17) is 21.1 Å². The van der Waals surface area contributed by atoms with E-state index in [2.05, 4.69) is 4.98 Å². The molecule has 1 atom stereocenters. The lowest BCUT2D eigenvalue weighted by Crippen LogP contribution is -2.29. The van der Waals surface area contributed by atoms with Crippen LogP contribution in [0, 0.1) is 0 Å². The molecular formula is C23H15ClN2O5. The number of Topliss-reactive ketones (excluding diaryl/α,β-unsaturated/α-hetero) is 1. The first-order valence-electron chi connectivity index (χ1n) is 9.41. The number of amides is 1. The maximum atomic E-state index is 13.1. The number of aliphatic hydroxyl groups is 1. The van der Waals surface area contributed by atoms with Crippen LogP contribution in [0.5, 0.6) is 11.5 Å². The number of carbonyl (C=O) groups excluding carboxylic acids is 2. The maximum absolute atomic E-state index is 13.1. The zero-order valence-corrected chi connectivity index (χ0v) is 16.7. The standard InChI is InChI=1S/C23H15ClN2O5/c24-15-4-1-5-16(10-15)26-20(14-3-2-8-25-11-14)19(22(28)23(26)29)21(27)13-6-7-17-18(9-13)31-12-30-17/h1-11,20,27H,12H2/b21-19-. The largest absolute Gasteiger partial charge is 0.507 e. The third-order valence-electron chi connectivity index (χ3n) is 5.18. The molecule has 31 heavy (non-hydrogen) atoms. The van der Waals surface area contributed by atoms with Crippen molar-refractivity contribution in [3.63, 3.8) is 0 Å². The van der Waals surface area contributed by atoms with E-state index in [0.29, 0.717) is 33.3 Å². The molecule has 0 aliphatic carbocycles. The lowest BCUT2D eigenvalue weighted by Gasteiger charge is -2.25. The molecule has 2 aliphatic rings. The minimum Gasteiger partial charge on any atom is -0.507 e. The predicted molar refractivity (Wildman–Crippen MR) is 113 cm³/mol. The van der Waals surface area contributed by atoms with E-state index in [-0.39, 0.29) is 18.1 Å². The number of fused-ring (bicyclic) bond motifs is 1. The molecule has 5 rings (SSSR count). The number of hydrogen-bond donors (Lipinski definition) is 1. The Morgan fingerprint density at radius 3 is 2.68 bits per heavy atom. The van der Waals surface area contributed by atoms with Crippen LogP contribution in [0.1, 0.15) is 17.2 Å². The number of pyridine rings is 1. The van der Waals surface area contributed by atoms with Crippen LogP contribution in [0.4, 0.5) is 5.69 Å². The average molecular weight is 435 g/mol. The zero-order chi connectivity index (χ0) is 21.5. The van der Waals surface area contributed by atoms with Crippen LogP contribution >= 0.6 is 11.6 Å². The van der Waals surface area contributed by atoms with Gasteiger partial charge in [0.15, 0.2) is 11.5 Å². The van der Waals surface area contributed by atoms with Gasteiger partial charge in [-0.25, -0.2) is 0 Å². The molecule has 0 saturated carbocycles. The van der Waals surface area contributed by atoms with Crippen LogP contribution in [-0.4, -0.2) is 28.6 Å². The number of nitrogens with zero attached hydrogens (tertiary/aromatic N) is 2. The van der Waals surface area contributed by atoms with Crippen molar-refractivity contribution in [3.05, 3.63) is 88.7 Å². The second-order valence-corrected chi connectivity index (χ2v) is 7.44. The van der Waals surface area contributed by atoms with E-state index < -0.39 is 17.7 Å². The van der Waals surface area contributed by atoms with Crippen LogP contribution < -0.4 is 14.4 Å². The summed E-state index contributed by atoms with van der Waals surface area (Å²) in [5.41, 5.74) is 1.30. The smallest absolute Gasteiger partial charge is 0.300 e. The molecule has 3 heterocycles. The molecule has 1 N–H and O–H groups in total. The molecule has 0 bridgehead atoms. The second-order valence-electron chi connectivity index (χ2n) is 7.00. The summed E-state index contributed by atoms with van der Waals surface area (Å²) in [6.07, 6.45) is 3.15. The number of rotatable bonds is 3. The number of benzene rings is 2. The summed E-state index contributed by atoms with van der Waals surface area (Å²) in [4.78, 5) is 31.6. The van der Waals surface area contributed by atoms with Crippen molar-refractivity contribution in [3.8, 4) is 11.5 Å². The van der Waals surface area contributed by atoms with Gasteiger partial charge in [0.1, 0.15) is 5.76 Å². The van der Waals surface area contributed by atoms with Gasteiger partial charge in [-0.1, -0.05) is 23.7 Å². The van der Waals surface area contributed by atoms with E-state index in [9.17, 15) is 14.7 Å². The van der Waals surface area contributed by atoms with Gasteiger partial charge in [-0.2, -0.15) is 0 Å². The first-order valence-corrected chi connectivity index (χ1v) is 9.79. The average Bonchev–Trinajstić information content (AvgIpc) is 3.36. The Balaban J connectivity index is 1.70. The van der Waals surface area contributed by atoms with Gasteiger partial charge in [-0.3, -0.25) is 19.5 Å². The van der Waals surface area contributed by atoms with Crippen molar-refractivity contribution in [2.24, 2.45) is 0 Å². The Morgan fingerprint density at radius 2 is 1.90 bits per heavy atom. The molecule has 154 valence electrons. The fourth-order valence-corrected chi connectivity index (χ4v) is 3.96. The van der Waals surface area contributed by atoms with Crippen molar-refractivity contribution in [2.75, 3.05) is 11.7 Å². The molecule has 7 nitrogen and oxygen atoms in total. The van der Waals surface area contributed by atoms with Crippen LogP contribution in [0.25, 0.3) is 5.76 Å². The molecular weight excluding hydrogens is 420 g/mol. The highest BCUT2D eigenvalue weighted by molar-refractivity contribution is 6.51. The van der Waals surface area contributed by atoms with Gasteiger partial charge in [0.2, 0.25) is 6.79 Å². The fraction of sp³-hybridized carbons (Fsp3) is 0.0870. The van der Waals surface area contributed by atoms with Gasteiger partial charge in [-0.15, -0.1) is 0 Å². The van der Waals surface area contributed by atoms with Gasteiger partial charge >= 0.3 is 0 Å². The van der Waals surface area contributed by atoms with Crippen molar-refractivity contribution in [2.45, 2.75) is 6.04 Å². The molecule has 2 aliphatic heterocycles. The number of hydrogen-bond acceptors (Lipinski definition) is 6. The molecule has 1 saturated heterocycles. The van der Waals surface area contributed by atoms with Gasteiger partial charge in [0, 0.05) is 28.7 Å². The lowest BCUT2D eigenvalue weighted by molar-refractivity contribution is -0.132.